The molecule has 8 rings (SSSR count). The van der Waals surface area contributed by atoms with Crippen LogP contribution in [0.1, 0.15) is 105 Å². The van der Waals surface area contributed by atoms with Gasteiger partial charge in [-0.2, -0.15) is 0 Å². The topological polar surface area (TPSA) is 195 Å². The molecule has 2 bridgehead atoms. The third-order valence-electron chi connectivity index (χ3n) is 14.1. The lowest BCUT2D eigenvalue weighted by Crippen LogP contribution is -2.60. The lowest BCUT2D eigenvalue weighted by molar-refractivity contribution is -0.142. The summed E-state index contributed by atoms with van der Waals surface area (Å²) < 4.78 is 53.0. The maximum atomic E-state index is 14.9. The minimum absolute atomic E-state index is 0.0203. The van der Waals surface area contributed by atoms with Crippen LogP contribution in [0, 0.1) is 17.3 Å². The van der Waals surface area contributed by atoms with Gasteiger partial charge in [-0.3, -0.25) is 24.0 Å². The summed E-state index contributed by atoms with van der Waals surface area (Å²) >= 11 is 0. The molecule has 0 radical (unpaired) electrons. The van der Waals surface area contributed by atoms with Gasteiger partial charge >= 0.3 is 6.09 Å². The van der Waals surface area contributed by atoms with E-state index in [1.807, 2.05) is 45.0 Å². The first-order chi connectivity index (χ1) is 30.2. The van der Waals surface area contributed by atoms with Crippen LogP contribution in [0.3, 0.4) is 0 Å². The Hall–Kier alpha value is -4.48. The number of fused-ring (bicyclic) bond motifs is 5. The maximum absolute atomic E-state index is 14.9. The molecule has 7 atom stereocenters. The van der Waals surface area contributed by atoms with Crippen molar-refractivity contribution in [2.24, 2.45) is 17.3 Å². The predicted molar refractivity (Wildman–Crippen MR) is 239 cm³/mol. The molecular weight excluding hydrogens is 841 g/mol. The van der Waals surface area contributed by atoms with Crippen molar-refractivity contribution in [1.29, 1.82) is 0 Å². The molecule has 350 valence electrons. The van der Waals surface area contributed by atoms with Gasteiger partial charge in [0.15, 0.2) is 0 Å². The summed E-state index contributed by atoms with van der Waals surface area (Å²) in [6.07, 6.45) is 5.80. The van der Waals surface area contributed by atoms with Gasteiger partial charge in [-0.1, -0.05) is 51.8 Å². The van der Waals surface area contributed by atoms with Gasteiger partial charge in [0, 0.05) is 37.4 Å². The number of sulfonamides is 1. The van der Waals surface area contributed by atoms with E-state index < -0.39 is 73.6 Å². The van der Waals surface area contributed by atoms with E-state index in [-0.39, 0.29) is 37.0 Å². The third kappa shape index (κ3) is 9.72. The summed E-state index contributed by atoms with van der Waals surface area (Å²) in [5.41, 5.74) is -1.16. The molecule has 0 unspecified atom stereocenters. The Morgan fingerprint density at radius 1 is 1.08 bits per heavy atom. The second kappa shape index (κ2) is 17.4. The lowest BCUT2D eigenvalue weighted by Gasteiger charge is -2.38. The number of nitrogens with one attached hydrogen (secondary N) is 3. The van der Waals surface area contributed by atoms with Crippen LogP contribution >= 0.6 is 0 Å². The van der Waals surface area contributed by atoms with Crippen LogP contribution in [0.15, 0.2) is 36.9 Å². The molecule has 6 aliphatic rings. The van der Waals surface area contributed by atoms with E-state index in [9.17, 15) is 27.6 Å². The molecule has 16 nitrogen and oxygen atoms in total. The Kier molecular flexibility index (Phi) is 12.5. The minimum atomic E-state index is -4.02. The van der Waals surface area contributed by atoms with Crippen molar-refractivity contribution in [2.75, 3.05) is 39.4 Å². The number of carbonyl (C=O) groups excluding carboxylic acids is 4. The van der Waals surface area contributed by atoms with Crippen molar-refractivity contribution in [3.63, 3.8) is 0 Å². The molecule has 3 N–H and O–H groups in total. The molecule has 1 aromatic heterocycles. The second-order valence-corrected chi connectivity index (χ2v) is 23.0. The first-order valence-electron chi connectivity index (χ1n) is 23.1. The Balaban J connectivity index is 1.12. The second-order valence-electron chi connectivity index (χ2n) is 20.8. The highest BCUT2D eigenvalue weighted by Crippen LogP contribution is 2.47. The van der Waals surface area contributed by atoms with Crippen LogP contribution in [0.4, 0.5) is 4.79 Å². The van der Waals surface area contributed by atoms with Crippen molar-refractivity contribution in [3.05, 3.63) is 42.5 Å². The number of pyridine rings is 1. The van der Waals surface area contributed by atoms with Crippen molar-refractivity contribution < 1.29 is 46.5 Å². The molecule has 1 aromatic carbocycles. The lowest BCUT2D eigenvalue weighted by atomic mass is 9.85. The zero-order valence-corrected chi connectivity index (χ0v) is 39.0. The summed E-state index contributed by atoms with van der Waals surface area (Å²) in [7, 11) is -4.02. The SMILES string of the molecule is C=C[C@@H]1C[C@]1(NC(=O)[C@@H]1C[C@@H]2CN1C(=O)[C@H](C(C)(C)C)NC(=O)O[C@@H]1C[C@H]1CCCCCc1c(nc3ccccc3c1OCCN1CCOC(C)(C)C1)O2)C(=O)NS(=O)(=O)C1(C)CC1. The van der Waals surface area contributed by atoms with Gasteiger partial charge in [-0.15, -0.1) is 6.58 Å². The van der Waals surface area contributed by atoms with Crippen LogP contribution in [-0.2, 0) is 40.3 Å². The highest BCUT2D eigenvalue weighted by atomic mass is 32.2. The third-order valence-corrected chi connectivity index (χ3v) is 16.2. The monoisotopic (exact) mass is 906 g/mol. The number of benzene rings is 1. The number of ether oxygens (including phenoxy) is 4. The van der Waals surface area contributed by atoms with E-state index in [0.29, 0.717) is 56.2 Å². The van der Waals surface area contributed by atoms with E-state index in [2.05, 4.69) is 40.7 Å². The molecule has 3 saturated carbocycles. The number of morpholine rings is 1. The predicted octanol–water partition coefficient (Wildman–Crippen LogP) is 4.78. The molecule has 5 fully saturated rings. The number of nitrogens with zero attached hydrogens (tertiary/aromatic N) is 3. The molecule has 2 aromatic rings. The quantitative estimate of drug-likeness (QED) is 0.277. The van der Waals surface area contributed by atoms with Gasteiger partial charge < -0.3 is 34.5 Å². The molecule has 17 heteroatoms. The van der Waals surface area contributed by atoms with Crippen LogP contribution in [0.5, 0.6) is 11.6 Å². The summed E-state index contributed by atoms with van der Waals surface area (Å²) in [5.74, 6) is -1.27. The summed E-state index contributed by atoms with van der Waals surface area (Å²) in [4.78, 5) is 65.6. The highest BCUT2D eigenvalue weighted by molar-refractivity contribution is 7.91. The standard InChI is InChI=1S/C47H66N6O10S/c1-8-30-26-47(30,42(56)51-64(58,59)46(7)18-19-46)50-39(54)35-25-31-27-53(35)41(55)38(44(2,3)4)49-43(57)63-36-24-29(36)14-10-9-11-16-33-37(32-15-12-13-17-34(32)48-40(33)62-31)60-22-20-52-21-23-61-45(5,6)28-52/h8,12-13,15,17,29-31,35-36,38H,1,9-11,14,16,18-28H2,2-7H3,(H,49,57)(H,50,54)(H,51,56)/t29-,30-,31-,35+,36-,38-,47-/m1/s1. The smallest absolute Gasteiger partial charge is 0.408 e. The zero-order valence-electron chi connectivity index (χ0n) is 38.2. The number of para-hydroxylation sites is 1. The van der Waals surface area contributed by atoms with Crippen molar-refractivity contribution >= 4 is 44.7 Å². The van der Waals surface area contributed by atoms with Crippen LogP contribution < -0.4 is 24.8 Å². The van der Waals surface area contributed by atoms with Crippen molar-refractivity contribution in [2.45, 2.75) is 146 Å². The van der Waals surface area contributed by atoms with Crippen LogP contribution in [0.25, 0.3) is 10.9 Å². The number of alkyl carbamates (subject to hydrolysis) is 1. The first kappa shape index (κ1) is 46.1. The van der Waals surface area contributed by atoms with E-state index in [1.165, 1.54) is 11.0 Å². The van der Waals surface area contributed by atoms with Gasteiger partial charge in [-0.25, -0.2) is 18.2 Å². The molecule has 3 aliphatic carbocycles. The van der Waals surface area contributed by atoms with Gasteiger partial charge in [0.1, 0.15) is 42.2 Å². The molecule has 64 heavy (non-hydrogen) atoms. The Morgan fingerprint density at radius 3 is 2.55 bits per heavy atom. The average molecular weight is 907 g/mol. The molecular formula is C47H66N6O10S. The number of aromatic nitrogens is 1. The number of hydrogen-bond acceptors (Lipinski definition) is 12. The summed E-state index contributed by atoms with van der Waals surface area (Å²) in [5, 5.41) is 6.56. The maximum Gasteiger partial charge on any atom is 0.408 e. The Labute approximate surface area is 377 Å². The molecule has 4 heterocycles. The number of carbonyl (C=O) groups is 4. The van der Waals surface area contributed by atoms with Gasteiger partial charge in [0.25, 0.3) is 5.91 Å². The van der Waals surface area contributed by atoms with Gasteiger partial charge in [0.05, 0.1) is 34.6 Å². The van der Waals surface area contributed by atoms with E-state index in [0.717, 1.165) is 56.1 Å². The molecule has 3 aliphatic heterocycles. The highest BCUT2D eigenvalue weighted by Gasteiger charge is 2.63. The number of amides is 4. The summed E-state index contributed by atoms with van der Waals surface area (Å²) in [6, 6.07) is 5.52. The Morgan fingerprint density at radius 2 is 1.84 bits per heavy atom. The zero-order chi connectivity index (χ0) is 45.8. The number of rotatable bonds is 10. The van der Waals surface area contributed by atoms with Crippen LogP contribution in [0.2, 0.25) is 0 Å². The van der Waals surface area contributed by atoms with Gasteiger partial charge in [-0.05, 0) is 89.2 Å². The molecule has 2 saturated heterocycles. The summed E-state index contributed by atoms with van der Waals surface area (Å²) in [6.45, 7) is 18.4. The molecule has 4 amide bonds. The fraction of sp³-hybridized carbons (Fsp3) is 0.681. The fourth-order valence-corrected chi connectivity index (χ4v) is 10.9. The van der Waals surface area contributed by atoms with E-state index in [1.54, 1.807) is 6.92 Å². The van der Waals surface area contributed by atoms with Crippen molar-refractivity contribution in [1.82, 2.24) is 30.1 Å². The first-order valence-corrected chi connectivity index (χ1v) is 24.6. The van der Waals surface area contributed by atoms with E-state index >= 15 is 0 Å². The minimum Gasteiger partial charge on any atom is -0.491 e. The largest absolute Gasteiger partial charge is 0.491 e. The Bertz CT molecular complexity index is 2280. The van der Waals surface area contributed by atoms with Gasteiger partial charge in [0.2, 0.25) is 27.7 Å². The number of hydrogen-bond donors (Lipinski definition) is 3. The fourth-order valence-electron chi connectivity index (χ4n) is 9.57. The van der Waals surface area contributed by atoms with Crippen LogP contribution in [-0.4, -0.2) is 127 Å². The normalized spacial score (nSPS) is 30.5. The van der Waals surface area contributed by atoms with Crippen molar-refractivity contribution in [3.8, 4) is 11.6 Å². The van der Waals surface area contributed by atoms with E-state index in [4.69, 9.17) is 23.9 Å². The average Bonchev–Trinajstić information content (AvgIpc) is 4.18. The molecule has 0 spiro atoms.